The van der Waals surface area contributed by atoms with Crippen molar-refractivity contribution in [1.82, 2.24) is 9.97 Å². The molecule has 4 rings (SSSR count). The predicted molar refractivity (Wildman–Crippen MR) is 95.1 cm³/mol. The minimum absolute atomic E-state index is 0. The molecule has 0 fully saturated rings. The molecule has 0 aliphatic rings. The third-order valence-corrected chi connectivity index (χ3v) is 3.88. The van der Waals surface area contributed by atoms with Gasteiger partial charge in [0.05, 0.1) is 5.51 Å². The average molecular weight is 526 g/mol. The minimum Gasteiger partial charge on any atom is -0.476 e. The van der Waals surface area contributed by atoms with Crippen LogP contribution >= 0.6 is 11.3 Å². The third kappa shape index (κ3) is 4.79. The molecule has 0 aliphatic heterocycles. The van der Waals surface area contributed by atoms with E-state index in [4.69, 9.17) is 5.11 Å². The molecule has 0 bridgehead atoms. The Labute approximate surface area is 162 Å². The van der Waals surface area contributed by atoms with E-state index in [0.29, 0.717) is 0 Å². The van der Waals surface area contributed by atoms with Gasteiger partial charge in [0, 0.05) is 31.7 Å². The predicted octanol–water partition coefficient (Wildman–Crippen LogP) is 4.54. The van der Waals surface area contributed by atoms with E-state index in [1.54, 1.807) is 0 Å². The normalized spacial score (nSPS) is 9.60. The molecule has 1 N–H and O–H groups in total. The van der Waals surface area contributed by atoms with Crippen molar-refractivity contribution in [3.05, 3.63) is 83.4 Å². The van der Waals surface area contributed by atoms with Crippen molar-refractivity contribution in [3.8, 4) is 11.3 Å². The van der Waals surface area contributed by atoms with Gasteiger partial charge in [0.1, 0.15) is 0 Å². The van der Waals surface area contributed by atoms with Crippen LogP contribution in [0.1, 0.15) is 10.5 Å². The molecule has 25 heavy (non-hydrogen) atoms. The first-order valence-electron chi connectivity index (χ1n) is 7.18. The molecule has 127 valence electrons. The second-order valence-electron chi connectivity index (χ2n) is 4.84. The molecular formula is C19H13IrN2O2S-. The summed E-state index contributed by atoms with van der Waals surface area (Å²) >= 11 is 1.28. The van der Waals surface area contributed by atoms with E-state index in [-0.39, 0.29) is 25.8 Å². The van der Waals surface area contributed by atoms with Crippen molar-refractivity contribution in [2.24, 2.45) is 0 Å². The number of aromatic carboxylic acids is 1. The topological polar surface area (TPSA) is 63.1 Å². The van der Waals surface area contributed by atoms with Crippen LogP contribution in [0.15, 0.2) is 71.7 Å². The Balaban J connectivity index is 0.000000214. The SMILES string of the molecule is O=C(O)c1cscn1.[Ir].[c-]1ccccc1-c1nccc2ccccc12. The number of carboxylic acids is 1. The van der Waals surface area contributed by atoms with Crippen LogP contribution < -0.4 is 0 Å². The minimum atomic E-state index is -0.966. The van der Waals surface area contributed by atoms with Gasteiger partial charge in [-0.25, -0.2) is 9.78 Å². The van der Waals surface area contributed by atoms with E-state index in [2.05, 4.69) is 28.2 Å². The van der Waals surface area contributed by atoms with Crippen LogP contribution in [0.2, 0.25) is 0 Å². The third-order valence-electron chi connectivity index (χ3n) is 3.29. The quantitative estimate of drug-likeness (QED) is 0.391. The fourth-order valence-electron chi connectivity index (χ4n) is 2.19. The molecule has 0 unspecified atom stereocenters. The number of thiazole rings is 1. The molecular weight excluding hydrogens is 513 g/mol. The molecule has 0 amide bonds. The zero-order chi connectivity index (χ0) is 16.8. The Morgan fingerprint density at radius 3 is 2.48 bits per heavy atom. The number of benzene rings is 2. The zero-order valence-electron chi connectivity index (χ0n) is 12.9. The molecule has 0 aliphatic carbocycles. The summed E-state index contributed by atoms with van der Waals surface area (Å²) in [6.45, 7) is 0. The van der Waals surface area contributed by atoms with Crippen molar-refractivity contribution in [2.75, 3.05) is 0 Å². The van der Waals surface area contributed by atoms with Gasteiger partial charge in [-0.15, -0.1) is 47.2 Å². The van der Waals surface area contributed by atoms with Crippen molar-refractivity contribution < 1.29 is 30.0 Å². The molecule has 0 saturated carbocycles. The van der Waals surface area contributed by atoms with Gasteiger partial charge in [0.15, 0.2) is 5.69 Å². The first-order chi connectivity index (χ1) is 11.8. The molecule has 1 radical (unpaired) electrons. The van der Waals surface area contributed by atoms with Crippen LogP contribution in [-0.2, 0) is 20.1 Å². The van der Waals surface area contributed by atoms with Crippen LogP contribution in [0.4, 0.5) is 0 Å². The van der Waals surface area contributed by atoms with Gasteiger partial charge in [0.25, 0.3) is 0 Å². The second kappa shape index (κ2) is 9.18. The smallest absolute Gasteiger partial charge is 0.355 e. The van der Waals surface area contributed by atoms with Gasteiger partial charge >= 0.3 is 5.97 Å². The fraction of sp³-hybridized carbons (Fsp3) is 0. The molecule has 2 aromatic carbocycles. The number of nitrogens with zero attached hydrogens (tertiary/aromatic N) is 2. The van der Waals surface area contributed by atoms with Gasteiger partial charge in [-0.2, -0.15) is 0 Å². The van der Waals surface area contributed by atoms with Crippen LogP contribution in [-0.4, -0.2) is 21.0 Å². The summed E-state index contributed by atoms with van der Waals surface area (Å²) in [5.41, 5.74) is 3.65. The Morgan fingerprint density at radius 2 is 1.84 bits per heavy atom. The fourth-order valence-corrected chi connectivity index (χ4v) is 2.72. The van der Waals surface area contributed by atoms with E-state index in [0.717, 1.165) is 11.3 Å². The Morgan fingerprint density at radius 1 is 1.04 bits per heavy atom. The van der Waals surface area contributed by atoms with Crippen molar-refractivity contribution in [3.63, 3.8) is 0 Å². The van der Waals surface area contributed by atoms with Crippen LogP contribution in [0.25, 0.3) is 22.0 Å². The maximum Gasteiger partial charge on any atom is 0.355 e. The van der Waals surface area contributed by atoms with Gasteiger partial charge in [-0.1, -0.05) is 24.3 Å². The molecule has 2 aromatic heterocycles. The van der Waals surface area contributed by atoms with Crippen molar-refractivity contribution in [1.29, 1.82) is 0 Å². The number of carboxylic acid groups (broad SMARTS) is 1. The van der Waals surface area contributed by atoms with Gasteiger partial charge in [-0.3, -0.25) is 0 Å². The Hall–Kier alpha value is -2.40. The largest absolute Gasteiger partial charge is 0.476 e. The number of hydrogen-bond donors (Lipinski definition) is 1. The zero-order valence-corrected chi connectivity index (χ0v) is 16.1. The molecule has 0 saturated heterocycles. The molecule has 0 spiro atoms. The number of pyridine rings is 1. The molecule has 0 atom stereocenters. The van der Waals surface area contributed by atoms with E-state index < -0.39 is 5.97 Å². The first kappa shape index (κ1) is 18.9. The number of rotatable bonds is 2. The summed E-state index contributed by atoms with van der Waals surface area (Å²) in [5.74, 6) is -0.966. The Kier molecular flexibility index (Phi) is 6.95. The molecule has 4 nitrogen and oxygen atoms in total. The summed E-state index contributed by atoms with van der Waals surface area (Å²) < 4.78 is 0. The first-order valence-corrected chi connectivity index (χ1v) is 8.12. The second-order valence-corrected chi connectivity index (χ2v) is 5.55. The van der Waals surface area contributed by atoms with Gasteiger partial charge in [-0.05, 0) is 22.5 Å². The van der Waals surface area contributed by atoms with Crippen LogP contribution in [0, 0.1) is 6.07 Å². The van der Waals surface area contributed by atoms with Crippen LogP contribution in [0.3, 0.4) is 0 Å². The van der Waals surface area contributed by atoms with E-state index in [9.17, 15) is 4.79 Å². The number of fused-ring (bicyclic) bond motifs is 1. The summed E-state index contributed by atoms with van der Waals surface area (Å²) in [5, 5.41) is 12.1. The average Bonchev–Trinajstić information content (AvgIpc) is 3.18. The molecule has 2 heterocycles. The standard InChI is InChI=1S/C15H10N.C4H3NO2S.Ir/c1-2-7-13(8-3-1)15-14-9-5-4-6-12(14)10-11-16-15;6-4(7)3-1-8-2-5-3;/h1-7,9-11H;1-2H,(H,6,7);/q-1;;. The monoisotopic (exact) mass is 526 g/mol. The summed E-state index contributed by atoms with van der Waals surface area (Å²) in [6.07, 6.45) is 1.85. The van der Waals surface area contributed by atoms with Crippen molar-refractivity contribution in [2.45, 2.75) is 0 Å². The van der Waals surface area contributed by atoms with E-state index in [1.807, 2.05) is 48.7 Å². The van der Waals surface area contributed by atoms with Gasteiger partial charge in [0.2, 0.25) is 0 Å². The summed E-state index contributed by atoms with van der Waals surface area (Å²) in [4.78, 5) is 18.0. The maximum atomic E-state index is 10.0. The number of carbonyl (C=O) groups is 1. The summed E-state index contributed by atoms with van der Waals surface area (Å²) in [6, 6.07) is 21.4. The number of aromatic nitrogens is 2. The molecule has 4 aromatic rings. The van der Waals surface area contributed by atoms with E-state index >= 15 is 0 Å². The van der Waals surface area contributed by atoms with Crippen LogP contribution in [0.5, 0.6) is 0 Å². The van der Waals surface area contributed by atoms with Crippen molar-refractivity contribution >= 4 is 28.1 Å². The maximum absolute atomic E-state index is 10.0. The Bertz CT molecular complexity index is 939. The summed E-state index contributed by atoms with van der Waals surface area (Å²) in [7, 11) is 0. The molecule has 6 heteroatoms. The van der Waals surface area contributed by atoms with Gasteiger partial charge < -0.3 is 10.1 Å². The number of hydrogen-bond acceptors (Lipinski definition) is 4. The van der Waals surface area contributed by atoms with E-state index in [1.165, 1.54) is 33.0 Å².